The van der Waals surface area contributed by atoms with Crippen molar-refractivity contribution in [3.63, 3.8) is 0 Å². The average Bonchev–Trinajstić information content (AvgIpc) is 3.17. The maximum absolute atomic E-state index is 13.2. The zero-order chi connectivity index (χ0) is 23.5. The van der Waals surface area contributed by atoms with Gasteiger partial charge in [0.25, 0.3) is 5.91 Å². The normalized spacial score (nSPS) is 18.1. The molecule has 0 aliphatic heterocycles. The van der Waals surface area contributed by atoms with Gasteiger partial charge in [-0.2, -0.15) is 0 Å². The Labute approximate surface area is 197 Å². The quantitative estimate of drug-likeness (QED) is 0.455. The lowest BCUT2D eigenvalue weighted by molar-refractivity contribution is -0.00461. The third-order valence-electron chi connectivity index (χ3n) is 6.54. The summed E-state index contributed by atoms with van der Waals surface area (Å²) >= 11 is 0. The number of ether oxygens (including phenoxy) is 1. The monoisotopic (exact) mass is 456 g/mol. The second-order valence-electron chi connectivity index (χ2n) is 8.86. The standard InChI is InChI=1S/C27H28N4O3/c1-31-23-15-21(16-28-25(23)30-27(31)33)19-10-7-11-20(14-19)26(32)29-22-12-5-6-13-24(22)34-17-18-8-3-2-4-9-18/h2-4,7-11,14-16,22,24H,5-6,12-13,17H2,1H3,(H,29,32)(H,28,30,33)/t22-,24+/m1/s1. The zero-order valence-corrected chi connectivity index (χ0v) is 19.2. The molecule has 0 saturated heterocycles. The number of fused-ring (bicyclic) bond motifs is 1. The highest BCUT2D eigenvalue weighted by atomic mass is 16.5. The molecule has 0 radical (unpaired) electrons. The van der Waals surface area contributed by atoms with Crippen LogP contribution in [0.3, 0.4) is 0 Å². The number of nitrogens with one attached hydrogen (secondary N) is 2. The maximum Gasteiger partial charge on any atom is 0.327 e. The van der Waals surface area contributed by atoms with Crippen LogP contribution in [-0.2, 0) is 18.4 Å². The van der Waals surface area contributed by atoms with Crippen molar-refractivity contribution in [3.05, 3.63) is 88.5 Å². The fourth-order valence-corrected chi connectivity index (χ4v) is 4.59. The zero-order valence-electron chi connectivity index (χ0n) is 19.2. The molecule has 4 aromatic rings. The van der Waals surface area contributed by atoms with Crippen molar-refractivity contribution in [2.24, 2.45) is 7.05 Å². The number of hydrogen-bond donors (Lipinski definition) is 2. The Morgan fingerprint density at radius 3 is 2.76 bits per heavy atom. The first-order valence-electron chi connectivity index (χ1n) is 11.7. The summed E-state index contributed by atoms with van der Waals surface area (Å²) in [7, 11) is 1.71. The average molecular weight is 457 g/mol. The van der Waals surface area contributed by atoms with Crippen molar-refractivity contribution >= 4 is 17.1 Å². The minimum absolute atomic E-state index is 0.00238. The third-order valence-corrected chi connectivity index (χ3v) is 6.54. The number of pyridine rings is 1. The molecule has 34 heavy (non-hydrogen) atoms. The van der Waals surface area contributed by atoms with E-state index < -0.39 is 0 Å². The third kappa shape index (κ3) is 4.65. The Morgan fingerprint density at radius 1 is 1.09 bits per heavy atom. The van der Waals surface area contributed by atoms with Gasteiger partial charge in [0, 0.05) is 24.4 Å². The summed E-state index contributed by atoms with van der Waals surface area (Å²) in [5.74, 6) is -0.106. The molecule has 0 bridgehead atoms. The van der Waals surface area contributed by atoms with Crippen LogP contribution < -0.4 is 11.0 Å². The highest BCUT2D eigenvalue weighted by Gasteiger charge is 2.27. The molecule has 1 amide bonds. The number of carbonyl (C=O) groups excluding carboxylic acids is 1. The van der Waals surface area contributed by atoms with Crippen LogP contribution in [-0.4, -0.2) is 32.6 Å². The second kappa shape index (κ2) is 9.65. The van der Waals surface area contributed by atoms with Gasteiger partial charge in [-0.3, -0.25) is 14.3 Å². The number of carbonyl (C=O) groups is 1. The lowest BCUT2D eigenvalue weighted by Gasteiger charge is -2.32. The fraction of sp³-hybridized carbons (Fsp3) is 0.296. The van der Waals surface area contributed by atoms with Crippen LogP contribution in [0.4, 0.5) is 0 Å². The van der Waals surface area contributed by atoms with E-state index in [1.165, 1.54) is 4.57 Å². The smallest absolute Gasteiger partial charge is 0.327 e. The van der Waals surface area contributed by atoms with Gasteiger partial charge in [-0.05, 0) is 42.2 Å². The van der Waals surface area contributed by atoms with Gasteiger partial charge in [-0.1, -0.05) is 55.3 Å². The number of benzene rings is 2. The first-order chi connectivity index (χ1) is 16.6. The first-order valence-corrected chi connectivity index (χ1v) is 11.7. The van der Waals surface area contributed by atoms with E-state index in [0.717, 1.165) is 47.9 Å². The SMILES string of the molecule is Cn1c(=O)[nH]c2ncc(-c3cccc(C(=O)N[C@@H]4CCCC[C@@H]4OCc4ccccc4)c3)cc21. The Balaban J connectivity index is 1.31. The molecule has 7 nitrogen and oxygen atoms in total. The molecule has 2 N–H and O–H groups in total. The second-order valence-corrected chi connectivity index (χ2v) is 8.86. The highest BCUT2D eigenvalue weighted by molar-refractivity contribution is 5.96. The van der Waals surface area contributed by atoms with Crippen LogP contribution in [0.15, 0.2) is 71.7 Å². The number of aromatic amines is 1. The van der Waals surface area contributed by atoms with Gasteiger partial charge in [0.05, 0.1) is 24.3 Å². The Bertz CT molecular complexity index is 1360. The molecule has 1 aliphatic rings. The van der Waals surface area contributed by atoms with E-state index >= 15 is 0 Å². The highest BCUT2D eigenvalue weighted by Crippen LogP contribution is 2.25. The molecule has 7 heteroatoms. The topological polar surface area (TPSA) is 89.0 Å². The molecule has 2 aromatic carbocycles. The summed E-state index contributed by atoms with van der Waals surface area (Å²) in [6, 6.07) is 19.5. The van der Waals surface area contributed by atoms with Crippen LogP contribution in [0.25, 0.3) is 22.3 Å². The Hall–Kier alpha value is -3.71. The lowest BCUT2D eigenvalue weighted by atomic mass is 9.92. The molecule has 2 aromatic heterocycles. The summed E-state index contributed by atoms with van der Waals surface area (Å²) in [5, 5.41) is 3.21. The summed E-state index contributed by atoms with van der Waals surface area (Å²) in [4.78, 5) is 32.1. The van der Waals surface area contributed by atoms with Gasteiger partial charge in [0.1, 0.15) is 0 Å². The van der Waals surface area contributed by atoms with E-state index in [1.54, 1.807) is 13.2 Å². The van der Waals surface area contributed by atoms with Crippen molar-refractivity contribution in [1.29, 1.82) is 0 Å². The predicted molar refractivity (Wildman–Crippen MR) is 132 cm³/mol. The van der Waals surface area contributed by atoms with E-state index in [9.17, 15) is 9.59 Å². The number of amides is 1. The van der Waals surface area contributed by atoms with Gasteiger partial charge < -0.3 is 10.1 Å². The molecule has 174 valence electrons. The van der Waals surface area contributed by atoms with Crippen molar-refractivity contribution in [3.8, 4) is 11.1 Å². The van der Waals surface area contributed by atoms with E-state index in [2.05, 4.69) is 27.4 Å². The summed E-state index contributed by atoms with van der Waals surface area (Å²) < 4.78 is 7.74. The minimum Gasteiger partial charge on any atom is -0.371 e. The van der Waals surface area contributed by atoms with Crippen LogP contribution in [0.1, 0.15) is 41.6 Å². The van der Waals surface area contributed by atoms with Crippen molar-refractivity contribution in [2.75, 3.05) is 0 Å². The number of aromatic nitrogens is 3. The number of imidazole rings is 1. The summed E-state index contributed by atoms with van der Waals surface area (Å²) in [6.45, 7) is 0.546. The van der Waals surface area contributed by atoms with Crippen LogP contribution >= 0.6 is 0 Å². The predicted octanol–water partition coefficient (Wildman–Crippen LogP) is 4.19. The number of H-pyrrole nitrogens is 1. The fourth-order valence-electron chi connectivity index (χ4n) is 4.59. The molecule has 2 atom stereocenters. The molecule has 1 aliphatic carbocycles. The van der Waals surface area contributed by atoms with Gasteiger partial charge >= 0.3 is 5.69 Å². The molecule has 5 rings (SSSR count). The van der Waals surface area contributed by atoms with Gasteiger partial charge in [0.15, 0.2) is 5.65 Å². The van der Waals surface area contributed by atoms with Gasteiger partial charge in [-0.15, -0.1) is 0 Å². The molecular weight excluding hydrogens is 428 g/mol. The van der Waals surface area contributed by atoms with E-state index in [0.29, 0.717) is 17.8 Å². The number of aryl methyl sites for hydroxylation is 1. The molecule has 1 saturated carbocycles. The van der Waals surface area contributed by atoms with Crippen LogP contribution in [0.2, 0.25) is 0 Å². The number of hydrogen-bond acceptors (Lipinski definition) is 4. The van der Waals surface area contributed by atoms with Gasteiger partial charge in [-0.25, -0.2) is 9.78 Å². The van der Waals surface area contributed by atoms with Crippen LogP contribution in [0.5, 0.6) is 0 Å². The number of nitrogens with zero attached hydrogens (tertiary/aromatic N) is 2. The van der Waals surface area contributed by atoms with Crippen LogP contribution in [0, 0.1) is 0 Å². The minimum atomic E-state index is -0.204. The molecular formula is C27H28N4O3. The van der Waals surface area contributed by atoms with E-state index in [1.807, 2.05) is 48.5 Å². The molecule has 2 heterocycles. The summed E-state index contributed by atoms with van der Waals surface area (Å²) in [6.07, 6.45) is 5.76. The first kappa shape index (κ1) is 22.1. The maximum atomic E-state index is 13.2. The van der Waals surface area contributed by atoms with E-state index in [-0.39, 0.29) is 23.7 Å². The number of rotatable bonds is 6. The largest absolute Gasteiger partial charge is 0.371 e. The van der Waals surface area contributed by atoms with Crippen molar-refractivity contribution < 1.29 is 9.53 Å². The van der Waals surface area contributed by atoms with Crippen molar-refractivity contribution in [2.45, 2.75) is 44.4 Å². The Morgan fingerprint density at radius 2 is 1.91 bits per heavy atom. The van der Waals surface area contributed by atoms with E-state index in [4.69, 9.17) is 4.74 Å². The molecule has 0 unspecified atom stereocenters. The van der Waals surface area contributed by atoms with Gasteiger partial charge in [0.2, 0.25) is 0 Å². The molecule has 0 spiro atoms. The lowest BCUT2D eigenvalue weighted by Crippen LogP contribution is -2.46. The Kier molecular flexibility index (Phi) is 6.27. The summed E-state index contributed by atoms with van der Waals surface area (Å²) in [5.41, 5.74) is 4.50. The molecule has 1 fully saturated rings. The van der Waals surface area contributed by atoms with Crippen molar-refractivity contribution in [1.82, 2.24) is 19.9 Å².